The molecule has 1 aromatic carbocycles. The lowest BCUT2D eigenvalue weighted by atomic mass is 10.0. The number of nitrogens with one attached hydrogen (secondary N) is 1. The monoisotopic (exact) mass is 453 g/mol. The number of thiophene rings is 1. The second-order valence-electron chi connectivity index (χ2n) is 6.07. The van der Waals surface area contributed by atoms with Gasteiger partial charge in [-0.2, -0.15) is 5.26 Å². The van der Waals surface area contributed by atoms with Crippen LogP contribution in [-0.2, 0) is 6.42 Å². The molecule has 0 radical (unpaired) electrons. The Hall–Kier alpha value is -3.15. The van der Waals surface area contributed by atoms with E-state index in [2.05, 4.69) is 20.9 Å². The molecule has 0 atom stereocenters. The number of nitriles is 1. The minimum absolute atomic E-state index is 0.0983. The molecule has 28 heavy (non-hydrogen) atoms. The summed E-state index contributed by atoms with van der Waals surface area (Å²) >= 11 is 4.48. The molecule has 4 rings (SSSR count). The number of benzene rings is 1. The number of hydrogen-bond donors (Lipinski definition) is 2. The summed E-state index contributed by atoms with van der Waals surface area (Å²) in [6.45, 7) is 0. The Labute approximate surface area is 171 Å². The maximum atomic E-state index is 12.9. The summed E-state index contributed by atoms with van der Waals surface area (Å²) in [7, 11) is 0. The van der Waals surface area contributed by atoms with Gasteiger partial charge in [-0.3, -0.25) is 9.59 Å². The Balaban J connectivity index is 1.88. The van der Waals surface area contributed by atoms with Gasteiger partial charge in [-0.25, -0.2) is 0 Å². The zero-order valence-electron chi connectivity index (χ0n) is 14.3. The van der Waals surface area contributed by atoms with Crippen LogP contribution in [0.15, 0.2) is 56.3 Å². The molecule has 0 aliphatic heterocycles. The molecule has 0 fully saturated rings. The van der Waals surface area contributed by atoms with E-state index >= 15 is 0 Å². The third-order valence-electron chi connectivity index (χ3n) is 4.31. The predicted molar refractivity (Wildman–Crippen MR) is 111 cm³/mol. The van der Waals surface area contributed by atoms with Crippen LogP contribution in [0.25, 0.3) is 21.5 Å². The molecule has 6 nitrogen and oxygen atoms in total. The normalized spacial score (nSPS) is 10.9. The Bertz CT molecular complexity index is 1300. The van der Waals surface area contributed by atoms with E-state index in [4.69, 9.17) is 10.2 Å². The van der Waals surface area contributed by atoms with Crippen molar-refractivity contribution in [1.82, 2.24) is 4.98 Å². The molecule has 3 aromatic heterocycles. The Kier molecular flexibility index (Phi) is 4.63. The number of aromatic amines is 1. The van der Waals surface area contributed by atoms with Crippen molar-refractivity contribution in [3.05, 3.63) is 73.5 Å². The van der Waals surface area contributed by atoms with Crippen molar-refractivity contribution in [2.75, 3.05) is 5.73 Å². The van der Waals surface area contributed by atoms with Gasteiger partial charge in [0.1, 0.15) is 22.2 Å². The number of fused-ring (bicyclic) bond motifs is 1. The quantitative estimate of drug-likeness (QED) is 0.441. The minimum atomic E-state index is -0.547. The number of rotatable bonds is 4. The number of aromatic nitrogens is 1. The number of hydrogen-bond acceptors (Lipinski definition) is 6. The summed E-state index contributed by atoms with van der Waals surface area (Å²) in [4.78, 5) is 28.7. The molecule has 0 aliphatic rings. The average molecular weight is 454 g/mol. The van der Waals surface area contributed by atoms with Crippen LogP contribution < -0.4 is 11.3 Å². The van der Waals surface area contributed by atoms with Gasteiger partial charge >= 0.3 is 0 Å². The van der Waals surface area contributed by atoms with E-state index in [0.717, 1.165) is 21.4 Å². The highest BCUT2D eigenvalue weighted by molar-refractivity contribution is 9.10. The SMILES string of the molecule is N#Cc1c(-c2ccco2)c2c(N)c(C(=O)Cc3ccc(Br)cc3)sc2[nH]c1=O. The van der Waals surface area contributed by atoms with Gasteiger partial charge in [0.15, 0.2) is 5.78 Å². The van der Waals surface area contributed by atoms with Crippen molar-refractivity contribution in [3.63, 3.8) is 0 Å². The third kappa shape index (κ3) is 3.05. The molecule has 0 amide bonds. The van der Waals surface area contributed by atoms with Gasteiger partial charge in [0.25, 0.3) is 5.56 Å². The molecule has 3 heterocycles. The highest BCUT2D eigenvalue weighted by Gasteiger charge is 2.24. The highest BCUT2D eigenvalue weighted by Crippen LogP contribution is 2.40. The van der Waals surface area contributed by atoms with Crippen LogP contribution in [-0.4, -0.2) is 10.8 Å². The van der Waals surface area contributed by atoms with Crippen molar-refractivity contribution in [2.24, 2.45) is 0 Å². The number of anilines is 1. The molecular formula is C20H12BrN3O3S. The number of carbonyl (C=O) groups excluding carboxylic acids is 1. The zero-order chi connectivity index (χ0) is 19.8. The first-order chi connectivity index (χ1) is 13.5. The fraction of sp³-hybridized carbons (Fsp3) is 0.0500. The van der Waals surface area contributed by atoms with Gasteiger partial charge in [-0.05, 0) is 29.8 Å². The van der Waals surface area contributed by atoms with E-state index in [9.17, 15) is 14.9 Å². The topological polar surface area (TPSA) is 113 Å². The van der Waals surface area contributed by atoms with Crippen molar-refractivity contribution in [1.29, 1.82) is 5.26 Å². The van der Waals surface area contributed by atoms with Crippen LogP contribution in [0.1, 0.15) is 20.8 Å². The number of furan rings is 1. The Morgan fingerprint density at radius 3 is 2.68 bits per heavy atom. The summed E-state index contributed by atoms with van der Waals surface area (Å²) in [5.41, 5.74) is 7.06. The molecule has 8 heteroatoms. The van der Waals surface area contributed by atoms with Gasteiger partial charge in [0, 0.05) is 16.3 Å². The molecular weight excluding hydrogens is 442 g/mol. The molecule has 138 valence electrons. The number of Topliss-reactive ketones (excluding diaryl/α,β-unsaturated/α-hetero) is 1. The number of ketones is 1. The van der Waals surface area contributed by atoms with Crippen LogP contribution in [0, 0.1) is 11.3 Å². The first kappa shape index (κ1) is 18.2. The number of H-pyrrole nitrogens is 1. The van der Waals surface area contributed by atoms with Gasteiger partial charge in [-0.15, -0.1) is 11.3 Å². The molecule has 3 N–H and O–H groups in total. The molecule has 0 unspecified atom stereocenters. The van der Waals surface area contributed by atoms with E-state index < -0.39 is 5.56 Å². The van der Waals surface area contributed by atoms with Crippen LogP contribution in [0.5, 0.6) is 0 Å². The predicted octanol–water partition coefficient (Wildman–Crippen LogP) is 4.49. The van der Waals surface area contributed by atoms with Gasteiger partial charge < -0.3 is 15.1 Å². The zero-order valence-corrected chi connectivity index (χ0v) is 16.7. The largest absolute Gasteiger partial charge is 0.464 e. The van der Waals surface area contributed by atoms with Crippen molar-refractivity contribution < 1.29 is 9.21 Å². The lowest BCUT2D eigenvalue weighted by molar-refractivity contribution is 0.0997. The van der Waals surface area contributed by atoms with E-state index in [1.54, 1.807) is 12.1 Å². The number of carbonyl (C=O) groups is 1. The molecule has 4 aromatic rings. The van der Waals surface area contributed by atoms with Gasteiger partial charge in [0.05, 0.1) is 22.4 Å². The highest BCUT2D eigenvalue weighted by atomic mass is 79.9. The van der Waals surface area contributed by atoms with Crippen LogP contribution in [0.4, 0.5) is 5.69 Å². The smallest absolute Gasteiger partial charge is 0.267 e. The third-order valence-corrected chi connectivity index (χ3v) is 6.00. The fourth-order valence-corrected chi connectivity index (χ4v) is 4.36. The number of nitrogens with two attached hydrogens (primary N) is 1. The summed E-state index contributed by atoms with van der Waals surface area (Å²) in [5.74, 6) is 0.190. The van der Waals surface area contributed by atoms with Crippen LogP contribution >= 0.6 is 27.3 Å². The summed E-state index contributed by atoms with van der Waals surface area (Å²) in [6.07, 6.45) is 1.63. The molecule has 0 saturated heterocycles. The first-order valence-electron chi connectivity index (χ1n) is 8.19. The summed E-state index contributed by atoms with van der Waals surface area (Å²) < 4.78 is 6.34. The summed E-state index contributed by atoms with van der Waals surface area (Å²) in [5, 5.41) is 9.92. The van der Waals surface area contributed by atoms with Crippen LogP contribution in [0.3, 0.4) is 0 Å². The Morgan fingerprint density at radius 1 is 1.29 bits per heavy atom. The fourth-order valence-electron chi connectivity index (χ4n) is 3.03. The van der Waals surface area contributed by atoms with E-state index in [1.807, 2.05) is 30.3 Å². The standard InChI is InChI=1S/C20H12BrN3O3S/c21-11-5-3-10(4-6-11)8-13(25)18-17(23)16-15(14-2-1-7-27-14)12(9-22)19(26)24-20(16)28-18/h1-7H,8,23H2,(H,24,26). The molecule has 0 spiro atoms. The number of nitrogens with zero attached hydrogens (tertiary/aromatic N) is 1. The average Bonchev–Trinajstić information content (AvgIpc) is 3.31. The van der Waals surface area contributed by atoms with E-state index in [0.29, 0.717) is 26.4 Å². The maximum Gasteiger partial charge on any atom is 0.267 e. The van der Waals surface area contributed by atoms with Crippen molar-refractivity contribution >= 4 is 49.0 Å². The second kappa shape index (κ2) is 7.11. The lowest BCUT2D eigenvalue weighted by Gasteiger charge is -2.04. The van der Waals surface area contributed by atoms with Crippen molar-refractivity contribution in [3.8, 4) is 17.4 Å². The molecule has 0 bridgehead atoms. The van der Waals surface area contributed by atoms with E-state index in [1.165, 1.54) is 6.26 Å². The second-order valence-corrected chi connectivity index (χ2v) is 8.00. The van der Waals surface area contributed by atoms with Crippen LogP contribution in [0.2, 0.25) is 0 Å². The number of halogens is 1. The maximum absolute atomic E-state index is 12.9. The van der Waals surface area contributed by atoms with E-state index in [-0.39, 0.29) is 23.5 Å². The molecule has 0 saturated carbocycles. The lowest BCUT2D eigenvalue weighted by Crippen LogP contribution is -2.11. The summed E-state index contributed by atoms with van der Waals surface area (Å²) in [6, 6.07) is 12.7. The number of nitrogen functional groups attached to an aromatic ring is 1. The minimum Gasteiger partial charge on any atom is -0.464 e. The van der Waals surface area contributed by atoms with Crippen molar-refractivity contribution in [2.45, 2.75) is 6.42 Å². The first-order valence-corrected chi connectivity index (χ1v) is 9.80. The number of pyridine rings is 1. The van der Waals surface area contributed by atoms with Gasteiger partial charge in [-0.1, -0.05) is 28.1 Å². The Morgan fingerprint density at radius 2 is 2.04 bits per heavy atom. The van der Waals surface area contributed by atoms with Gasteiger partial charge in [0.2, 0.25) is 0 Å². The molecule has 0 aliphatic carbocycles.